The van der Waals surface area contributed by atoms with E-state index in [1.807, 2.05) is 47.3 Å². The normalized spacial score (nSPS) is 13.6. The highest BCUT2D eigenvalue weighted by molar-refractivity contribution is 7.89. The molecular weight excluding hydrogens is 945 g/mol. The minimum Gasteiger partial charge on any atom is -0.480 e. The van der Waals surface area contributed by atoms with Gasteiger partial charge in [-0.15, -0.1) is 0 Å². The van der Waals surface area contributed by atoms with Gasteiger partial charge >= 0.3 is 12.1 Å². The number of carbonyl (C=O) groups is 3. The Bertz CT molecular complexity index is 2760. The lowest BCUT2D eigenvalue weighted by Crippen LogP contribution is -2.48. The van der Waals surface area contributed by atoms with Crippen LogP contribution in [-0.2, 0) is 56.9 Å². The van der Waals surface area contributed by atoms with Gasteiger partial charge in [0.05, 0.1) is 47.9 Å². The number of hydrogen-bond acceptors (Lipinski definition) is 13. The molecule has 1 aliphatic heterocycles. The number of rotatable bonds is 30. The number of nitrogens with one attached hydrogen (secondary N) is 5. The second-order valence-electron chi connectivity index (χ2n) is 15.8. The molecule has 20 nitrogen and oxygen atoms in total. The largest absolute Gasteiger partial charge is 0.480 e. The summed E-state index contributed by atoms with van der Waals surface area (Å²) in [6, 6.07) is 24.4. The first-order valence-corrected chi connectivity index (χ1v) is 25.7. The zero-order valence-corrected chi connectivity index (χ0v) is 40.1. The molecule has 6 rings (SSSR count). The van der Waals surface area contributed by atoms with Gasteiger partial charge in [-0.1, -0.05) is 60.7 Å². The van der Waals surface area contributed by atoms with Crippen LogP contribution in [0, 0.1) is 0 Å². The van der Waals surface area contributed by atoms with Crippen LogP contribution < -0.4 is 25.4 Å². The number of fused-ring (bicyclic) bond motifs is 1. The number of hydrogen-bond donors (Lipinski definition) is 6. The standard InChI is InChI=1S/C48H58N8O12S2/c57-46(39-15-20-44-40(32-39)33-53-56(44)25-5-22-50-45-10-4-21-49-45)52-34-43(47(58)59)55-70(63,64)42-18-13-38(14-19-42)37-11-16-41(17-12-37)69(61,62)54-24-7-27-66-29-31-67-30-28-65-26-6-23-51-48(60)68-35-36-8-2-1-3-9-36/h1-4,8-9,11-21,32-33,43,54-55H,5-7,10,22-31,34-35H2,(H,49,50)(H,51,60)(H,52,57)(H,58,59). The molecule has 22 heteroatoms. The fourth-order valence-corrected chi connectivity index (χ4v) is 9.13. The molecule has 0 fully saturated rings. The van der Waals surface area contributed by atoms with Crippen molar-refractivity contribution < 1.29 is 55.3 Å². The van der Waals surface area contributed by atoms with Gasteiger partial charge in [0.1, 0.15) is 18.5 Å². The van der Waals surface area contributed by atoms with E-state index < -0.39 is 50.6 Å². The number of aliphatic imine (C=N–C) groups is 1. The molecule has 1 unspecified atom stereocenters. The summed E-state index contributed by atoms with van der Waals surface area (Å²) in [5.74, 6) is -1.15. The summed E-state index contributed by atoms with van der Waals surface area (Å²) in [6.45, 7) is 3.73. The Kier molecular flexibility index (Phi) is 20.4. The Morgan fingerprint density at radius 2 is 1.40 bits per heavy atom. The van der Waals surface area contributed by atoms with E-state index in [4.69, 9.17) is 18.9 Å². The van der Waals surface area contributed by atoms with Crippen molar-refractivity contribution in [1.82, 2.24) is 35.2 Å². The summed E-state index contributed by atoms with van der Waals surface area (Å²) in [6.07, 6.45) is 7.63. The molecule has 1 aromatic heterocycles. The highest BCUT2D eigenvalue weighted by Crippen LogP contribution is 2.24. The highest BCUT2D eigenvalue weighted by atomic mass is 32.2. The fourth-order valence-electron chi connectivity index (χ4n) is 6.87. The van der Waals surface area contributed by atoms with E-state index in [2.05, 4.69) is 35.5 Å². The summed E-state index contributed by atoms with van der Waals surface area (Å²) in [5.41, 5.74) is 3.18. The van der Waals surface area contributed by atoms with Crippen LogP contribution >= 0.6 is 0 Å². The van der Waals surface area contributed by atoms with E-state index in [-0.39, 0.29) is 28.5 Å². The van der Waals surface area contributed by atoms with E-state index in [9.17, 15) is 36.3 Å². The van der Waals surface area contributed by atoms with Gasteiger partial charge in [0, 0.05) is 63.3 Å². The van der Waals surface area contributed by atoms with E-state index in [0.717, 1.165) is 29.8 Å². The molecule has 2 amide bonds. The van der Waals surface area contributed by atoms with Crippen LogP contribution in [0.25, 0.3) is 22.0 Å². The first-order chi connectivity index (χ1) is 33.9. The third-order valence-electron chi connectivity index (χ3n) is 10.6. The molecule has 374 valence electrons. The van der Waals surface area contributed by atoms with Gasteiger partial charge in [0.15, 0.2) is 0 Å². The van der Waals surface area contributed by atoms with Crippen LogP contribution in [0.5, 0.6) is 0 Å². The highest BCUT2D eigenvalue weighted by Gasteiger charge is 2.26. The molecule has 2 heterocycles. The second-order valence-corrected chi connectivity index (χ2v) is 19.3. The zero-order chi connectivity index (χ0) is 49.6. The number of aryl methyl sites for hydroxylation is 1. The average Bonchev–Trinajstić information content (AvgIpc) is 4.05. The van der Waals surface area contributed by atoms with Crippen molar-refractivity contribution in [3.05, 3.63) is 127 Å². The molecule has 0 radical (unpaired) electrons. The number of carbonyl (C=O) groups excluding carboxylic acids is 2. The van der Waals surface area contributed by atoms with Gasteiger partial charge in [-0.3, -0.25) is 19.3 Å². The van der Waals surface area contributed by atoms with Gasteiger partial charge < -0.3 is 40.0 Å². The number of carboxylic acid groups (broad SMARTS) is 1. The van der Waals surface area contributed by atoms with Crippen LogP contribution in [0.3, 0.4) is 0 Å². The van der Waals surface area contributed by atoms with Crippen molar-refractivity contribution in [2.45, 2.75) is 54.7 Å². The molecule has 70 heavy (non-hydrogen) atoms. The summed E-state index contributed by atoms with van der Waals surface area (Å²) in [7, 11) is -8.16. The van der Waals surface area contributed by atoms with Crippen molar-refractivity contribution >= 4 is 54.8 Å². The summed E-state index contributed by atoms with van der Waals surface area (Å²) >= 11 is 0. The predicted molar refractivity (Wildman–Crippen MR) is 261 cm³/mol. The topological polar surface area (TPSA) is 267 Å². The number of benzene rings is 4. The molecule has 5 aromatic rings. The second kappa shape index (κ2) is 27.0. The Hall–Kier alpha value is -6.53. The molecule has 0 saturated carbocycles. The predicted octanol–water partition coefficient (Wildman–Crippen LogP) is 4.20. The van der Waals surface area contributed by atoms with Crippen molar-refractivity contribution in [3.8, 4) is 11.1 Å². The number of ether oxygens (including phenoxy) is 4. The lowest BCUT2D eigenvalue weighted by molar-refractivity contribution is -0.138. The average molecular weight is 1000 g/mol. The van der Waals surface area contributed by atoms with Crippen LogP contribution in [-0.4, -0.2) is 127 Å². The summed E-state index contributed by atoms with van der Waals surface area (Å²) in [5, 5.41) is 23.2. The number of alkyl carbamates (subject to hydrolysis) is 1. The van der Waals surface area contributed by atoms with Crippen LogP contribution in [0.1, 0.15) is 41.6 Å². The van der Waals surface area contributed by atoms with Gasteiger partial charge in [-0.2, -0.15) is 9.82 Å². The van der Waals surface area contributed by atoms with Crippen LogP contribution in [0.15, 0.2) is 130 Å². The lowest BCUT2D eigenvalue weighted by Gasteiger charge is -2.16. The van der Waals surface area contributed by atoms with E-state index in [1.165, 1.54) is 36.4 Å². The maximum absolute atomic E-state index is 13.3. The number of aromatic nitrogens is 2. The SMILES string of the molecule is O=C(NCCCOCCOCCOCCCNS(=O)(=O)c1ccc(-c2ccc(S(=O)(=O)NC(CNC(=O)c3ccc4c(cnn4CCCN=C4CC=CN4)c3)C(=O)O)cc2)cc1)OCc1ccccc1. The Morgan fingerprint density at radius 1 is 0.757 bits per heavy atom. The first-order valence-electron chi connectivity index (χ1n) is 22.7. The maximum Gasteiger partial charge on any atom is 0.407 e. The number of nitrogens with zero attached hydrogens (tertiary/aromatic N) is 3. The summed E-state index contributed by atoms with van der Waals surface area (Å²) in [4.78, 5) is 41.2. The van der Waals surface area contributed by atoms with Crippen LogP contribution in [0.4, 0.5) is 4.79 Å². The number of sulfonamides is 2. The van der Waals surface area contributed by atoms with Crippen molar-refractivity contribution in [3.63, 3.8) is 0 Å². The van der Waals surface area contributed by atoms with Crippen molar-refractivity contribution in [1.29, 1.82) is 0 Å². The van der Waals surface area contributed by atoms with Gasteiger partial charge in [-0.25, -0.2) is 26.4 Å². The monoisotopic (exact) mass is 1000 g/mol. The number of carboxylic acids is 1. The Morgan fingerprint density at radius 3 is 2.04 bits per heavy atom. The smallest absolute Gasteiger partial charge is 0.407 e. The number of amides is 2. The minimum atomic E-state index is -4.34. The molecule has 0 bridgehead atoms. The Balaban J connectivity index is 0.836. The quantitative estimate of drug-likeness (QED) is 0.0353. The number of amidine groups is 1. The zero-order valence-electron chi connectivity index (χ0n) is 38.5. The van der Waals surface area contributed by atoms with E-state index in [0.29, 0.717) is 88.6 Å². The van der Waals surface area contributed by atoms with Crippen molar-refractivity contribution in [2.75, 3.05) is 65.8 Å². The summed E-state index contributed by atoms with van der Waals surface area (Å²) < 4.78 is 80.5. The van der Waals surface area contributed by atoms with Crippen LogP contribution in [0.2, 0.25) is 0 Å². The van der Waals surface area contributed by atoms with Gasteiger partial charge in [0.25, 0.3) is 5.91 Å². The molecule has 4 aromatic carbocycles. The third-order valence-corrected chi connectivity index (χ3v) is 13.6. The van der Waals surface area contributed by atoms with Gasteiger partial charge in [0.2, 0.25) is 20.0 Å². The molecule has 1 atom stereocenters. The Labute approximate surface area is 406 Å². The van der Waals surface area contributed by atoms with E-state index in [1.54, 1.807) is 36.5 Å². The maximum atomic E-state index is 13.3. The van der Waals surface area contributed by atoms with Crippen molar-refractivity contribution in [2.24, 2.45) is 4.99 Å². The molecule has 6 N–H and O–H groups in total. The van der Waals surface area contributed by atoms with E-state index >= 15 is 0 Å². The minimum absolute atomic E-state index is 0.0420. The number of aliphatic carboxylic acids is 1. The third kappa shape index (κ3) is 16.9. The first kappa shape index (κ1) is 52.8. The molecule has 0 aliphatic carbocycles. The molecule has 0 saturated heterocycles. The fraction of sp³-hybridized carbons (Fsp3) is 0.354. The molecule has 0 spiro atoms. The molecular formula is C48H58N8O12S2. The lowest BCUT2D eigenvalue weighted by atomic mass is 10.1. The van der Waals surface area contributed by atoms with Gasteiger partial charge in [-0.05, 0) is 84.6 Å². The molecule has 1 aliphatic rings.